The topological polar surface area (TPSA) is 32.3 Å². The molecule has 0 aromatic heterocycles. The first-order valence-electron chi connectivity index (χ1n) is 6.74. The number of hydrogen-bond acceptors (Lipinski definition) is 2. The number of likely N-dealkylation sites (tertiary alicyclic amines) is 1. The zero-order chi connectivity index (χ0) is 12.7. The highest BCUT2D eigenvalue weighted by Crippen LogP contribution is 2.17. The Balaban J connectivity index is 2.60. The number of carbonyl (C=O) groups is 1. The molecule has 1 amide bonds. The second-order valence-corrected chi connectivity index (χ2v) is 4.65. The van der Waals surface area contributed by atoms with E-state index in [1.165, 1.54) is 0 Å². The predicted molar refractivity (Wildman–Crippen MR) is 70.6 cm³/mol. The SMILES string of the molecule is C#CC(CCC)N1CCCC(NCCC)C1=O. The minimum atomic E-state index is -0.0172. The predicted octanol–water partition coefficient (Wildman–Crippen LogP) is 1.78. The monoisotopic (exact) mass is 236 g/mol. The quantitative estimate of drug-likeness (QED) is 0.713. The standard InChI is InChI=1S/C14H24N2O/c1-4-8-12(6-3)16-11-7-9-13(14(16)17)15-10-5-2/h3,12-13,15H,4-5,7-11H2,1-2H3. The molecule has 0 aliphatic carbocycles. The maximum atomic E-state index is 12.3. The molecule has 0 aromatic rings. The fourth-order valence-electron chi connectivity index (χ4n) is 2.32. The van der Waals surface area contributed by atoms with Gasteiger partial charge in [0, 0.05) is 6.54 Å². The van der Waals surface area contributed by atoms with Crippen LogP contribution < -0.4 is 5.32 Å². The summed E-state index contributed by atoms with van der Waals surface area (Å²) in [5.41, 5.74) is 0. The molecule has 1 aliphatic heterocycles. The number of carbonyl (C=O) groups excluding carboxylic acids is 1. The van der Waals surface area contributed by atoms with Gasteiger partial charge in [-0.1, -0.05) is 26.2 Å². The van der Waals surface area contributed by atoms with E-state index in [2.05, 4.69) is 25.1 Å². The van der Waals surface area contributed by atoms with Crippen LogP contribution in [0.5, 0.6) is 0 Å². The highest BCUT2D eigenvalue weighted by molar-refractivity contribution is 5.83. The summed E-state index contributed by atoms with van der Waals surface area (Å²) < 4.78 is 0. The van der Waals surface area contributed by atoms with Gasteiger partial charge in [-0.25, -0.2) is 0 Å². The first-order valence-corrected chi connectivity index (χ1v) is 6.74. The van der Waals surface area contributed by atoms with E-state index in [0.717, 1.165) is 45.2 Å². The number of piperidine rings is 1. The molecule has 1 fully saturated rings. The summed E-state index contributed by atoms with van der Waals surface area (Å²) in [5, 5.41) is 3.31. The Labute approximate surface area is 105 Å². The van der Waals surface area contributed by atoms with Crippen LogP contribution in [-0.2, 0) is 4.79 Å². The summed E-state index contributed by atoms with van der Waals surface area (Å²) in [7, 11) is 0. The van der Waals surface area contributed by atoms with Crippen LogP contribution in [0.25, 0.3) is 0 Å². The lowest BCUT2D eigenvalue weighted by atomic mass is 10.0. The van der Waals surface area contributed by atoms with E-state index in [9.17, 15) is 4.79 Å². The van der Waals surface area contributed by atoms with Crippen LogP contribution in [0.1, 0.15) is 46.0 Å². The smallest absolute Gasteiger partial charge is 0.240 e. The van der Waals surface area contributed by atoms with Crippen molar-refractivity contribution in [2.24, 2.45) is 0 Å². The van der Waals surface area contributed by atoms with Gasteiger partial charge in [0.05, 0.1) is 12.1 Å². The van der Waals surface area contributed by atoms with Gasteiger partial charge < -0.3 is 10.2 Å². The Morgan fingerprint density at radius 3 is 2.88 bits per heavy atom. The van der Waals surface area contributed by atoms with E-state index in [1.54, 1.807) is 0 Å². The van der Waals surface area contributed by atoms with Gasteiger partial charge in [-0.3, -0.25) is 4.79 Å². The van der Waals surface area contributed by atoms with Gasteiger partial charge in [0.25, 0.3) is 0 Å². The van der Waals surface area contributed by atoms with E-state index in [0.29, 0.717) is 0 Å². The van der Waals surface area contributed by atoms with Gasteiger partial charge >= 0.3 is 0 Å². The number of rotatable bonds is 6. The fraction of sp³-hybridized carbons (Fsp3) is 0.786. The lowest BCUT2D eigenvalue weighted by Crippen LogP contribution is -2.54. The Kier molecular flexibility index (Phi) is 6.07. The van der Waals surface area contributed by atoms with Gasteiger partial charge in [0.1, 0.15) is 0 Å². The van der Waals surface area contributed by atoms with Gasteiger partial charge in [-0.15, -0.1) is 6.42 Å². The number of amides is 1. The molecule has 0 spiro atoms. The maximum Gasteiger partial charge on any atom is 0.240 e. The third-order valence-corrected chi connectivity index (χ3v) is 3.24. The molecule has 1 heterocycles. The molecule has 0 bridgehead atoms. The molecule has 0 radical (unpaired) electrons. The average Bonchev–Trinajstić information content (AvgIpc) is 2.35. The Bertz CT molecular complexity index is 282. The summed E-state index contributed by atoms with van der Waals surface area (Å²) in [4.78, 5) is 14.2. The van der Waals surface area contributed by atoms with E-state index in [-0.39, 0.29) is 18.0 Å². The van der Waals surface area contributed by atoms with Crippen LogP contribution in [0.4, 0.5) is 0 Å². The molecule has 1 saturated heterocycles. The summed E-state index contributed by atoms with van der Waals surface area (Å²) in [6.45, 7) is 5.93. The van der Waals surface area contributed by atoms with E-state index < -0.39 is 0 Å². The Morgan fingerprint density at radius 2 is 2.29 bits per heavy atom. The zero-order valence-corrected chi connectivity index (χ0v) is 11.0. The molecule has 3 heteroatoms. The van der Waals surface area contributed by atoms with E-state index in [4.69, 9.17) is 6.42 Å². The van der Waals surface area contributed by atoms with Crippen molar-refractivity contribution in [3.63, 3.8) is 0 Å². The molecule has 1 rings (SSSR count). The summed E-state index contributed by atoms with van der Waals surface area (Å²) >= 11 is 0. The molecule has 3 nitrogen and oxygen atoms in total. The lowest BCUT2D eigenvalue weighted by Gasteiger charge is -2.36. The number of nitrogens with one attached hydrogen (secondary N) is 1. The molecular formula is C14H24N2O. The third kappa shape index (κ3) is 3.74. The van der Waals surface area contributed by atoms with Gasteiger partial charge in [-0.05, 0) is 32.2 Å². The van der Waals surface area contributed by atoms with Crippen LogP contribution in [-0.4, -0.2) is 36.0 Å². The van der Waals surface area contributed by atoms with Crippen LogP contribution in [0.15, 0.2) is 0 Å². The zero-order valence-electron chi connectivity index (χ0n) is 11.0. The van der Waals surface area contributed by atoms with Crippen LogP contribution in [0.3, 0.4) is 0 Å². The highest BCUT2D eigenvalue weighted by atomic mass is 16.2. The maximum absolute atomic E-state index is 12.3. The van der Waals surface area contributed by atoms with Gasteiger partial charge in [-0.2, -0.15) is 0 Å². The third-order valence-electron chi connectivity index (χ3n) is 3.24. The Morgan fingerprint density at radius 1 is 1.53 bits per heavy atom. The van der Waals surface area contributed by atoms with E-state index >= 15 is 0 Å². The second kappa shape index (κ2) is 7.34. The first-order chi connectivity index (χ1) is 8.24. The fourth-order valence-corrected chi connectivity index (χ4v) is 2.32. The molecule has 2 unspecified atom stereocenters. The van der Waals surface area contributed by atoms with Crippen molar-refractivity contribution in [1.82, 2.24) is 10.2 Å². The van der Waals surface area contributed by atoms with Crippen molar-refractivity contribution in [1.29, 1.82) is 0 Å². The largest absolute Gasteiger partial charge is 0.327 e. The normalized spacial score (nSPS) is 22.3. The Hall–Kier alpha value is -1.01. The summed E-state index contributed by atoms with van der Waals surface area (Å²) in [6, 6.07) is -0.0323. The van der Waals surface area contributed by atoms with Crippen molar-refractivity contribution in [3.05, 3.63) is 0 Å². The van der Waals surface area contributed by atoms with Gasteiger partial charge in [0.2, 0.25) is 5.91 Å². The molecule has 17 heavy (non-hydrogen) atoms. The van der Waals surface area contributed by atoms with E-state index in [1.807, 2.05) is 4.90 Å². The van der Waals surface area contributed by atoms with Crippen molar-refractivity contribution in [2.45, 2.75) is 58.0 Å². The molecule has 0 saturated carbocycles. The van der Waals surface area contributed by atoms with Gasteiger partial charge in [0.15, 0.2) is 0 Å². The molecule has 1 N–H and O–H groups in total. The minimum Gasteiger partial charge on any atom is -0.327 e. The van der Waals surface area contributed by atoms with Crippen LogP contribution in [0.2, 0.25) is 0 Å². The minimum absolute atomic E-state index is 0.0151. The molecule has 0 aromatic carbocycles. The second-order valence-electron chi connectivity index (χ2n) is 4.65. The number of nitrogens with zero attached hydrogens (tertiary/aromatic N) is 1. The molecular weight excluding hydrogens is 212 g/mol. The van der Waals surface area contributed by atoms with Crippen LogP contribution in [0, 0.1) is 12.3 Å². The highest BCUT2D eigenvalue weighted by Gasteiger charge is 2.31. The van der Waals surface area contributed by atoms with Crippen LogP contribution >= 0.6 is 0 Å². The lowest BCUT2D eigenvalue weighted by molar-refractivity contribution is -0.137. The molecule has 96 valence electrons. The molecule has 1 aliphatic rings. The van der Waals surface area contributed by atoms with Crippen molar-refractivity contribution >= 4 is 5.91 Å². The summed E-state index contributed by atoms with van der Waals surface area (Å²) in [6.07, 6.45) is 10.5. The summed E-state index contributed by atoms with van der Waals surface area (Å²) in [5.74, 6) is 2.95. The average molecular weight is 236 g/mol. The van der Waals surface area contributed by atoms with Crippen molar-refractivity contribution in [3.8, 4) is 12.3 Å². The first kappa shape index (κ1) is 14.1. The van der Waals surface area contributed by atoms with Crippen molar-refractivity contribution < 1.29 is 4.79 Å². The molecule has 2 atom stereocenters. The number of hydrogen-bond donors (Lipinski definition) is 1. The van der Waals surface area contributed by atoms with Crippen molar-refractivity contribution in [2.75, 3.05) is 13.1 Å². The number of terminal acetylenes is 1.